The van der Waals surface area contributed by atoms with Crippen LogP contribution < -0.4 is 14.3 Å². The smallest absolute Gasteiger partial charge is 0.458 e. The molecule has 0 spiro atoms. The Morgan fingerprint density at radius 3 is 2.16 bits per heavy atom. The molecule has 0 saturated carbocycles. The lowest BCUT2D eigenvalue weighted by Gasteiger charge is -2.39. The number of nitrogens with one attached hydrogen (secondary N) is 1. The molecule has 2 aliphatic rings. The van der Waals surface area contributed by atoms with E-state index in [4.69, 9.17) is 13.8 Å². The molecule has 1 saturated heterocycles. The summed E-state index contributed by atoms with van der Waals surface area (Å²) in [6, 6.07) is 0. The van der Waals surface area contributed by atoms with Gasteiger partial charge in [-0.1, -0.05) is 72.6 Å². The average Bonchev–Trinajstić information content (AvgIpc) is 2.85. The van der Waals surface area contributed by atoms with Crippen molar-refractivity contribution < 1.29 is 18.3 Å². The van der Waals surface area contributed by atoms with Crippen LogP contribution in [0.15, 0.2) is 0 Å². The molecule has 1 N–H and O–H groups in total. The third-order valence-electron chi connectivity index (χ3n) is 8.94. The Bertz CT molecular complexity index is 952. The van der Waals surface area contributed by atoms with E-state index in [9.17, 15) is 4.57 Å². The Hall–Kier alpha value is -1.03. The average molecular weight is 550 g/mol. The van der Waals surface area contributed by atoms with E-state index in [1.807, 2.05) is 6.92 Å². The SMILES string of the molecule is Cc1c(C)c2c(c(C)c1OP1(=O)NCCCO1)CCC(C)(CCCC(C)CCCC(C)CCCC(C)C)O2. The molecule has 0 radical (unpaired) electrons. The fourth-order valence-electron chi connectivity index (χ4n) is 6.09. The summed E-state index contributed by atoms with van der Waals surface area (Å²) in [5.41, 5.74) is 4.17. The highest BCUT2D eigenvalue weighted by Gasteiger charge is 2.36. The zero-order valence-corrected chi connectivity index (χ0v) is 26.6. The minimum atomic E-state index is -3.31. The van der Waals surface area contributed by atoms with Crippen LogP contribution in [0, 0.1) is 38.5 Å². The van der Waals surface area contributed by atoms with Gasteiger partial charge in [-0.05, 0) is 94.2 Å². The van der Waals surface area contributed by atoms with Crippen LogP contribution in [-0.4, -0.2) is 18.8 Å². The second-order valence-corrected chi connectivity index (χ2v) is 14.9. The first-order valence-electron chi connectivity index (χ1n) is 15.4. The lowest BCUT2D eigenvalue weighted by atomic mass is 9.84. The Kier molecular flexibility index (Phi) is 11.6. The van der Waals surface area contributed by atoms with Crippen molar-refractivity contribution in [1.82, 2.24) is 5.09 Å². The fraction of sp³-hybridized carbons (Fsp3) is 0.812. The number of fused-ring (bicyclic) bond motifs is 1. The summed E-state index contributed by atoms with van der Waals surface area (Å²) in [6.07, 6.45) is 14.6. The van der Waals surface area contributed by atoms with Crippen molar-refractivity contribution in [2.24, 2.45) is 17.8 Å². The largest absolute Gasteiger partial charge is 0.487 e. The molecule has 5 nitrogen and oxygen atoms in total. The normalized spacial score (nSPS) is 25.1. The molecule has 4 atom stereocenters. The van der Waals surface area contributed by atoms with Gasteiger partial charge in [-0.25, -0.2) is 9.65 Å². The maximum absolute atomic E-state index is 13.0. The second-order valence-electron chi connectivity index (χ2n) is 13.1. The number of benzene rings is 1. The Morgan fingerprint density at radius 2 is 1.55 bits per heavy atom. The van der Waals surface area contributed by atoms with Crippen LogP contribution in [0.1, 0.15) is 128 Å². The van der Waals surface area contributed by atoms with Gasteiger partial charge in [0.1, 0.15) is 17.1 Å². The van der Waals surface area contributed by atoms with E-state index in [2.05, 4.69) is 53.6 Å². The standard InChI is InChI=1S/C32H56NO4P/c1-23(2)13-9-14-24(3)15-10-16-25(4)17-11-19-32(8)20-18-29-28(7)30(26(5)27(6)31(29)36-32)37-38(34)33-21-12-22-35-38/h23-25H,9-22H2,1-8H3,(H,33,34). The number of rotatable bonds is 14. The molecule has 1 aromatic carbocycles. The second kappa shape index (κ2) is 14.0. The van der Waals surface area contributed by atoms with Crippen molar-refractivity contribution in [2.45, 2.75) is 138 Å². The van der Waals surface area contributed by atoms with E-state index >= 15 is 0 Å². The summed E-state index contributed by atoms with van der Waals surface area (Å²) < 4.78 is 31.3. The summed E-state index contributed by atoms with van der Waals surface area (Å²) in [5.74, 6) is 4.18. The van der Waals surface area contributed by atoms with E-state index in [-0.39, 0.29) is 5.60 Å². The number of hydrogen-bond donors (Lipinski definition) is 1. The van der Waals surface area contributed by atoms with Gasteiger partial charge in [0.15, 0.2) is 0 Å². The van der Waals surface area contributed by atoms with Gasteiger partial charge in [0.25, 0.3) is 0 Å². The molecule has 1 aromatic rings. The van der Waals surface area contributed by atoms with Gasteiger partial charge in [-0.3, -0.25) is 4.52 Å². The fourth-order valence-corrected chi connectivity index (χ4v) is 7.62. The van der Waals surface area contributed by atoms with E-state index in [1.54, 1.807) is 0 Å². The van der Waals surface area contributed by atoms with Crippen LogP contribution in [0.3, 0.4) is 0 Å². The molecule has 0 bridgehead atoms. The Balaban J connectivity index is 1.50. The first-order valence-corrected chi connectivity index (χ1v) is 17.0. The van der Waals surface area contributed by atoms with Crippen LogP contribution >= 0.6 is 7.75 Å². The van der Waals surface area contributed by atoms with Gasteiger partial charge >= 0.3 is 7.75 Å². The maximum Gasteiger partial charge on any atom is 0.458 e. The summed E-state index contributed by atoms with van der Waals surface area (Å²) in [7, 11) is -3.31. The molecule has 0 aliphatic carbocycles. The summed E-state index contributed by atoms with van der Waals surface area (Å²) in [5, 5.41) is 2.95. The molecular weight excluding hydrogens is 493 g/mol. The minimum Gasteiger partial charge on any atom is -0.487 e. The minimum absolute atomic E-state index is 0.134. The van der Waals surface area contributed by atoms with Gasteiger partial charge in [-0.15, -0.1) is 0 Å². The van der Waals surface area contributed by atoms with Crippen molar-refractivity contribution >= 4 is 7.75 Å². The lowest BCUT2D eigenvalue weighted by Crippen LogP contribution is -2.37. The number of hydrogen-bond acceptors (Lipinski definition) is 4. The van der Waals surface area contributed by atoms with Crippen LogP contribution in [0.5, 0.6) is 11.5 Å². The van der Waals surface area contributed by atoms with Crippen LogP contribution in [0.4, 0.5) is 0 Å². The molecule has 0 aromatic heterocycles. The quantitative estimate of drug-likeness (QED) is 0.234. The highest BCUT2D eigenvalue weighted by molar-refractivity contribution is 7.52. The van der Waals surface area contributed by atoms with Crippen molar-refractivity contribution in [2.75, 3.05) is 13.2 Å². The van der Waals surface area contributed by atoms with Crippen LogP contribution in [-0.2, 0) is 15.5 Å². The maximum atomic E-state index is 13.0. The first-order chi connectivity index (χ1) is 17.9. The Labute approximate surface area is 233 Å². The Morgan fingerprint density at radius 1 is 0.921 bits per heavy atom. The molecule has 38 heavy (non-hydrogen) atoms. The van der Waals surface area contributed by atoms with Crippen molar-refractivity contribution in [3.05, 3.63) is 22.3 Å². The monoisotopic (exact) mass is 549 g/mol. The molecule has 1 fully saturated rings. The molecule has 2 aliphatic heterocycles. The predicted molar refractivity (Wildman–Crippen MR) is 160 cm³/mol. The lowest BCUT2D eigenvalue weighted by molar-refractivity contribution is 0.0512. The third kappa shape index (κ3) is 8.73. The van der Waals surface area contributed by atoms with Crippen molar-refractivity contribution in [3.63, 3.8) is 0 Å². The van der Waals surface area contributed by atoms with Crippen LogP contribution in [0.25, 0.3) is 0 Å². The highest BCUT2D eigenvalue weighted by Crippen LogP contribution is 2.51. The van der Waals surface area contributed by atoms with Gasteiger partial charge in [0.05, 0.1) is 6.61 Å². The van der Waals surface area contributed by atoms with Gasteiger partial charge in [-0.2, -0.15) is 0 Å². The van der Waals surface area contributed by atoms with Gasteiger partial charge in [0, 0.05) is 12.1 Å². The van der Waals surface area contributed by atoms with Crippen LogP contribution in [0.2, 0.25) is 0 Å². The third-order valence-corrected chi connectivity index (χ3v) is 10.5. The summed E-state index contributed by atoms with van der Waals surface area (Å²) in [6.45, 7) is 19.1. The van der Waals surface area contributed by atoms with Crippen molar-refractivity contribution in [1.29, 1.82) is 0 Å². The first kappa shape index (κ1) is 31.5. The predicted octanol–water partition coefficient (Wildman–Crippen LogP) is 9.63. The van der Waals surface area contributed by atoms with E-state index < -0.39 is 7.75 Å². The summed E-state index contributed by atoms with van der Waals surface area (Å²) in [4.78, 5) is 0. The van der Waals surface area contributed by atoms with E-state index in [0.717, 1.165) is 65.9 Å². The molecule has 6 heteroatoms. The molecule has 2 heterocycles. The highest BCUT2D eigenvalue weighted by atomic mass is 31.2. The molecule has 3 rings (SSSR count). The van der Waals surface area contributed by atoms with Gasteiger partial charge in [0.2, 0.25) is 0 Å². The topological polar surface area (TPSA) is 56.8 Å². The molecule has 0 amide bonds. The molecule has 218 valence electrons. The zero-order valence-electron chi connectivity index (χ0n) is 25.7. The zero-order chi connectivity index (χ0) is 27.9. The number of ether oxygens (including phenoxy) is 1. The van der Waals surface area contributed by atoms with E-state index in [0.29, 0.717) is 18.9 Å². The van der Waals surface area contributed by atoms with Gasteiger partial charge < -0.3 is 9.26 Å². The molecule has 4 unspecified atom stereocenters. The summed E-state index contributed by atoms with van der Waals surface area (Å²) >= 11 is 0. The van der Waals surface area contributed by atoms with E-state index in [1.165, 1.54) is 56.9 Å². The molecular formula is C32H56NO4P. The van der Waals surface area contributed by atoms with Crippen molar-refractivity contribution in [3.8, 4) is 11.5 Å².